The van der Waals surface area contributed by atoms with Crippen molar-refractivity contribution in [3.05, 3.63) is 46.7 Å². The van der Waals surface area contributed by atoms with Gasteiger partial charge in [0, 0.05) is 5.69 Å². The lowest BCUT2D eigenvalue weighted by Crippen LogP contribution is -2.05. The second-order valence-corrected chi connectivity index (χ2v) is 5.95. The number of aryl methyl sites for hydroxylation is 1. The Morgan fingerprint density at radius 2 is 1.71 bits per heavy atom. The molecule has 0 saturated heterocycles. The molecule has 0 N–H and O–H groups in total. The van der Waals surface area contributed by atoms with E-state index in [1.165, 1.54) is 48.1 Å². The molecule has 3 heteroatoms. The summed E-state index contributed by atoms with van der Waals surface area (Å²) in [6.07, 6.45) is 7.19. The van der Waals surface area contributed by atoms with Crippen LogP contribution < -0.4 is 4.74 Å². The number of fused-ring (bicyclic) bond motifs is 1. The summed E-state index contributed by atoms with van der Waals surface area (Å²) in [7, 11) is 1.69. The predicted molar refractivity (Wildman–Crippen MR) is 87.1 cm³/mol. The van der Waals surface area contributed by atoms with E-state index >= 15 is 0 Å². The van der Waals surface area contributed by atoms with E-state index in [1.807, 2.05) is 18.2 Å². The van der Waals surface area contributed by atoms with Gasteiger partial charge in [0.2, 0.25) is 0 Å². The molecule has 0 saturated carbocycles. The standard InChI is InChI=1S/C18H20ClNO/c1-21-14-10-8-13(9-11-14)16-12-18(19)20-17-7-5-3-2-4-6-15(16)17/h8-12H,2-7H2,1H3. The van der Waals surface area contributed by atoms with E-state index in [9.17, 15) is 0 Å². The minimum atomic E-state index is 0.597. The topological polar surface area (TPSA) is 22.1 Å². The average molecular weight is 302 g/mol. The van der Waals surface area contributed by atoms with Crippen LogP contribution in [-0.4, -0.2) is 12.1 Å². The number of aromatic nitrogens is 1. The highest BCUT2D eigenvalue weighted by Crippen LogP contribution is 2.32. The summed E-state index contributed by atoms with van der Waals surface area (Å²) in [5, 5.41) is 0.597. The first-order valence-electron chi connectivity index (χ1n) is 7.60. The van der Waals surface area contributed by atoms with Gasteiger partial charge in [-0.05, 0) is 60.6 Å². The van der Waals surface area contributed by atoms with Gasteiger partial charge in [-0.15, -0.1) is 0 Å². The summed E-state index contributed by atoms with van der Waals surface area (Å²) in [4.78, 5) is 4.58. The van der Waals surface area contributed by atoms with Gasteiger partial charge in [0.1, 0.15) is 10.9 Å². The highest BCUT2D eigenvalue weighted by Gasteiger charge is 2.15. The lowest BCUT2D eigenvalue weighted by atomic mass is 9.91. The molecule has 0 unspecified atom stereocenters. The highest BCUT2D eigenvalue weighted by atomic mass is 35.5. The first-order valence-corrected chi connectivity index (χ1v) is 7.98. The number of hydrogen-bond acceptors (Lipinski definition) is 2. The molecule has 0 atom stereocenters. The Labute approximate surface area is 131 Å². The number of pyridine rings is 1. The molecule has 3 rings (SSSR count). The van der Waals surface area contributed by atoms with Crippen LogP contribution >= 0.6 is 11.6 Å². The van der Waals surface area contributed by atoms with Gasteiger partial charge in [0.05, 0.1) is 7.11 Å². The van der Waals surface area contributed by atoms with Crippen LogP contribution in [0.2, 0.25) is 5.15 Å². The van der Waals surface area contributed by atoms with Crippen LogP contribution in [0.3, 0.4) is 0 Å². The molecule has 0 fully saturated rings. The third kappa shape index (κ3) is 3.21. The van der Waals surface area contributed by atoms with Crippen molar-refractivity contribution in [2.75, 3.05) is 7.11 Å². The van der Waals surface area contributed by atoms with Crippen LogP contribution in [0.25, 0.3) is 11.1 Å². The Kier molecular flexibility index (Phi) is 4.45. The van der Waals surface area contributed by atoms with E-state index < -0.39 is 0 Å². The third-order valence-electron chi connectivity index (χ3n) is 4.17. The van der Waals surface area contributed by atoms with Crippen molar-refractivity contribution in [3.8, 4) is 16.9 Å². The summed E-state index contributed by atoms with van der Waals surface area (Å²) in [6, 6.07) is 10.2. The summed E-state index contributed by atoms with van der Waals surface area (Å²) >= 11 is 6.25. The fraction of sp³-hybridized carbons (Fsp3) is 0.389. The third-order valence-corrected chi connectivity index (χ3v) is 4.36. The van der Waals surface area contributed by atoms with E-state index in [0.717, 1.165) is 18.6 Å². The maximum Gasteiger partial charge on any atom is 0.129 e. The van der Waals surface area contributed by atoms with Crippen molar-refractivity contribution in [2.45, 2.75) is 38.5 Å². The number of halogens is 1. The molecule has 1 heterocycles. The van der Waals surface area contributed by atoms with Crippen molar-refractivity contribution >= 4 is 11.6 Å². The largest absolute Gasteiger partial charge is 0.497 e. The molecule has 0 amide bonds. The molecule has 110 valence electrons. The fourth-order valence-electron chi connectivity index (χ4n) is 3.05. The maximum atomic E-state index is 6.25. The van der Waals surface area contributed by atoms with Crippen LogP contribution in [-0.2, 0) is 12.8 Å². The maximum absolute atomic E-state index is 6.25. The second kappa shape index (κ2) is 6.48. The number of nitrogens with zero attached hydrogens (tertiary/aromatic N) is 1. The van der Waals surface area contributed by atoms with Crippen molar-refractivity contribution in [1.29, 1.82) is 0 Å². The summed E-state index contributed by atoms with van der Waals surface area (Å²) in [5.74, 6) is 0.877. The zero-order valence-corrected chi connectivity index (χ0v) is 13.1. The second-order valence-electron chi connectivity index (χ2n) is 5.56. The van der Waals surface area contributed by atoms with Gasteiger partial charge in [-0.25, -0.2) is 4.98 Å². The zero-order valence-electron chi connectivity index (χ0n) is 12.4. The first-order chi connectivity index (χ1) is 10.3. The quantitative estimate of drug-likeness (QED) is 0.723. The van der Waals surface area contributed by atoms with Crippen LogP contribution in [0.4, 0.5) is 0 Å². The van der Waals surface area contributed by atoms with E-state index in [4.69, 9.17) is 16.3 Å². The summed E-state index contributed by atoms with van der Waals surface area (Å²) in [6.45, 7) is 0. The number of methoxy groups -OCH3 is 1. The van der Waals surface area contributed by atoms with Crippen LogP contribution in [0.5, 0.6) is 5.75 Å². The number of rotatable bonds is 2. The molecule has 1 aliphatic rings. The Hall–Kier alpha value is -1.54. The SMILES string of the molecule is COc1ccc(-c2cc(Cl)nc3c2CCCCCC3)cc1. The summed E-state index contributed by atoms with van der Waals surface area (Å²) in [5.41, 5.74) is 4.99. The Morgan fingerprint density at radius 1 is 1.00 bits per heavy atom. The molecular formula is C18H20ClNO. The Balaban J connectivity index is 2.07. The van der Waals surface area contributed by atoms with E-state index in [0.29, 0.717) is 5.15 Å². The Morgan fingerprint density at radius 3 is 2.43 bits per heavy atom. The molecule has 1 aliphatic carbocycles. The van der Waals surface area contributed by atoms with Gasteiger partial charge in [0.15, 0.2) is 0 Å². The van der Waals surface area contributed by atoms with Crippen molar-refractivity contribution in [3.63, 3.8) is 0 Å². The minimum absolute atomic E-state index is 0.597. The summed E-state index contributed by atoms with van der Waals surface area (Å²) < 4.78 is 5.24. The van der Waals surface area contributed by atoms with Gasteiger partial charge in [-0.1, -0.05) is 36.6 Å². The van der Waals surface area contributed by atoms with Crippen LogP contribution in [0.15, 0.2) is 30.3 Å². The normalized spacial score (nSPS) is 15.0. The molecule has 0 spiro atoms. The van der Waals surface area contributed by atoms with E-state index in [1.54, 1.807) is 7.11 Å². The van der Waals surface area contributed by atoms with Gasteiger partial charge in [-0.2, -0.15) is 0 Å². The van der Waals surface area contributed by atoms with E-state index in [2.05, 4.69) is 17.1 Å². The molecule has 0 aliphatic heterocycles. The molecule has 1 aromatic heterocycles. The van der Waals surface area contributed by atoms with Crippen LogP contribution in [0.1, 0.15) is 36.9 Å². The van der Waals surface area contributed by atoms with Crippen molar-refractivity contribution in [1.82, 2.24) is 4.98 Å². The molecule has 2 aromatic rings. The van der Waals surface area contributed by atoms with Crippen molar-refractivity contribution < 1.29 is 4.74 Å². The van der Waals surface area contributed by atoms with Gasteiger partial charge < -0.3 is 4.74 Å². The molecular weight excluding hydrogens is 282 g/mol. The highest BCUT2D eigenvalue weighted by molar-refractivity contribution is 6.29. The number of hydrogen-bond donors (Lipinski definition) is 0. The number of ether oxygens (including phenoxy) is 1. The fourth-order valence-corrected chi connectivity index (χ4v) is 3.26. The predicted octanol–water partition coefficient (Wildman–Crippen LogP) is 5.07. The smallest absolute Gasteiger partial charge is 0.129 e. The van der Waals surface area contributed by atoms with Gasteiger partial charge in [-0.3, -0.25) is 0 Å². The van der Waals surface area contributed by atoms with Crippen LogP contribution in [0, 0.1) is 0 Å². The zero-order chi connectivity index (χ0) is 14.7. The monoisotopic (exact) mass is 301 g/mol. The van der Waals surface area contributed by atoms with Gasteiger partial charge in [0.25, 0.3) is 0 Å². The van der Waals surface area contributed by atoms with Crippen molar-refractivity contribution in [2.24, 2.45) is 0 Å². The lowest BCUT2D eigenvalue weighted by Gasteiger charge is -2.18. The Bertz CT molecular complexity index is 622. The average Bonchev–Trinajstić information content (AvgIpc) is 2.48. The molecule has 2 nitrogen and oxygen atoms in total. The molecule has 0 bridgehead atoms. The lowest BCUT2D eigenvalue weighted by molar-refractivity contribution is 0.415. The van der Waals surface area contributed by atoms with E-state index in [-0.39, 0.29) is 0 Å². The minimum Gasteiger partial charge on any atom is -0.497 e. The molecule has 21 heavy (non-hydrogen) atoms. The van der Waals surface area contributed by atoms with Gasteiger partial charge >= 0.3 is 0 Å². The molecule has 1 aromatic carbocycles. The molecule has 0 radical (unpaired) electrons. The first kappa shape index (κ1) is 14.4. The number of benzene rings is 1.